The van der Waals surface area contributed by atoms with Crippen LogP contribution in [0.1, 0.15) is 30.3 Å². The molecule has 0 aromatic carbocycles. The summed E-state index contributed by atoms with van der Waals surface area (Å²) in [4.78, 5) is 0. The Labute approximate surface area is 89.7 Å². The zero-order chi connectivity index (χ0) is 10.8. The van der Waals surface area contributed by atoms with Crippen LogP contribution in [0.4, 0.5) is 4.39 Å². The molecule has 2 rings (SSSR count). The van der Waals surface area contributed by atoms with Gasteiger partial charge in [-0.15, -0.1) is 0 Å². The summed E-state index contributed by atoms with van der Waals surface area (Å²) < 4.78 is 16.0. The topological polar surface area (TPSA) is 29.9 Å². The fourth-order valence-corrected chi connectivity index (χ4v) is 2.31. The van der Waals surface area contributed by atoms with Gasteiger partial charge in [-0.25, -0.2) is 4.39 Å². The second-order valence-electron chi connectivity index (χ2n) is 4.33. The molecule has 0 spiro atoms. The molecule has 0 bridgehead atoms. The van der Waals surface area contributed by atoms with Crippen molar-refractivity contribution in [3.8, 4) is 0 Å². The largest absolute Gasteiger partial charge is 0.317 e. The minimum absolute atomic E-state index is 0.153. The van der Waals surface area contributed by atoms with E-state index >= 15 is 0 Å². The fraction of sp³-hybridized carbons (Fsp3) is 0.727. The van der Waals surface area contributed by atoms with Gasteiger partial charge in [-0.1, -0.05) is 0 Å². The van der Waals surface area contributed by atoms with Crippen molar-refractivity contribution < 1.29 is 4.39 Å². The molecule has 0 amide bonds. The van der Waals surface area contributed by atoms with E-state index < -0.39 is 6.17 Å². The molecular formula is C11H18FN3. The lowest BCUT2D eigenvalue weighted by atomic mass is 9.90. The van der Waals surface area contributed by atoms with Gasteiger partial charge in [-0.2, -0.15) is 5.10 Å². The molecule has 1 N–H and O–H groups in total. The molecule has 1 aliphatic rings. The molecule has 1 fully saturated rings. The highest BCUT2D eigenvalue weighted by Crippen LogP contribution is 2.33. The Morgan fingerprint density at radius 3 is 2.73 bits per heavy atom. The van der Waals surface area contributed by atoms with Gasteiger partial charge in [0.1, 0.15) is 6.17 Å². The molecular weight excluding hydrogens is 193 g/mol. The minimum atomic E-state index is -0.861. The first-order valence-corrected chi connectivity index (χ1v) is 5.53. The monoisotopic (exact) mass is 211 g/mol. The predicted octanol–water partition coefficient (Wildman–Crippen LogP) is 1.74. The van der Waals surface area contributed by atoms with Gasteiger partial charge in [0.2, 0.25) is 0 Å². The van der Waals surface area contributed by atoms with Crippen molar-refractivity contribution in [1.82, 2.24) is 15.1 Å². The lowest BCUT2D eigenvalue weighted by Crippen LogP contribution is -2.30. The SMILES string of the molecule is Cc1cnn(C)c1C(F)C1CCNCC1. The minimum Gasteiger partial charge on any atom is -0.317 e. The number of nitrogens with one attached hydrogen (secondary N) is 1. The summed E-state index contributed by atoms with van der Waals surface area (Å²) in [5, 5.41) is 7.35. The first-order chi connectivity index (χ1) is 7.20. The Balaban J connectivity index is 2.15. The molecule has 0 saturated carbocycles. The van der Waals surface area contributed by atoms with Crippen LogP contribution in [-0.4, -0.2) is 22.9 Å². The van der Waals surface area contributed by atoms with Gasteiger partial charge in [0.05, 0.1) is 11.9 Å². The smallest absolute Gasteiger partial charge is 0.145 e. The van der Waals surface area contributed by atoms with Crippen LogP contribution < -0.4 is 5.32 Å². The Bertz CT molecular complexity index is 309. The molecule has 1 aromatic heterocycles. The summed E-state index contributed by atoms with van der Waals surface area (Å²) in [6, 6.07) is 0. The van der Waals surface area contributed by atoms with E-state index in [1.54, 1.807) is 10.9 Å². The third-order valence-corrected chi connectivity index (χ3v) is 3.24. The van der Waals surface area contributed by atoms with E-state index in [1.807, 2.05) is 14.0 Å². The summed E-state index contributed by atoms with van der Waals surface area (Å²) in [6.45, 7) is 3.79. The maximum atomic E-state index is 14.3. The summed E-state index contributed by atoms with van der Waals surface area (Å²) in [5.41, 5.74) is 1.71. The zero-order valence-corrected chi connectivity index (χ0v) is 9.33. The van der Waals surface area contributed by atoms with Crippen LogP contribution in [0.25, 0.3) is 0 Å². The lowest BCUT2D eigenvalue weighted by Gasteiger charge is -2.26. The van der Waals surface area contributed by atoms with Crippen molar-refractivity contribution in [2.75, 3.05) is 13.1 Å². The van der Waals surface area contributed by atoms with Crippen molar-refractivity contribution in [3.63, 3.8) is 0 Å². The Morgan fingerprint density at radius 1 is 1.53 bits per heavy atom. The van der Waals surface area contributed by atoms with Crippen LogP contribution in [-0.2, 0) is 7.05 Å². The Kier molecular flexibility index (Phi) is 3.05. The van der Waals surface area contributed by atoms with Gasteiger partial charge in [0.25, 0.3) is 0 Å². The van der Waals surface area contributed by atoms with E-state index in [4.69, 9.17) is 0 Å². The predicted molar refractivity (Wildman–Crippen MR) is 57.4 cm³/mol. The van der Waals surface area contributed by atoms with Crippen molar-refractivity contribution >= 4 is 0 Å². The van der Waals surface area contributed by atoms with Crippen LogP contribution in [0, 0.1) is 12.8 Å². The summed E-state index contributed by atoms with van der Waals surface area (Å²) in [5.74, 6) is 0.153. The molecule has 15 heavy (non-hydrogen) atoms. The number of aromatic nitrogens is 2. The molecule has 0 radical (unpaired) electrons. The van der Waals surface area contributed by atoms with Crippen molar-refractivity contribution in [3.05, 3.63) is 17.5 Å². The number of hydrogen-bond donors (Lipinski definition) is 1. The number of aryl methyl sites for hydroxylation is 2. The van der Waals surface area contributed by atoms with Gasteiger partial charge in [0.15, 0.2) is 0 Å². The molecule has 1 atom stereocenters. The van der Waals surface area contributed by atoms with E-state index in [-0.39, 0.29) is 5.92 Å². The second-order valence-corrected chi connectivity index (χ2v) is 4.33. The van der Waals surface area contributed by atoms with Crippen molar-refractivity contribution in [2.45, 2.75) is 25.9 Å². The molecule has 4 heteroatoms. The first-order valence-electron chi connectivity index (χ1n) is 5.53. The van der Waals surface area contributed by atoms with E-state index in [1.165, 1.54) is 0 Å². The number of nitrogens with zero attached hydrogens (tertiary/aromatic N) is 2. The highest BCUT2D eigenvalue weighted by molar-refractivity contribution is 5.18. The average molecular weight is 211 g/mol. The van der Waals surface area contributed by atoms with Gasteiger partial charge in [-0.05, 0) is 44.3 Å². The normalized spacial score (nSPS) is 20.5. The quantitative estimate of drug-likeness (QED) is 0.807. The maximum Gasteiger partial charge on any atom is 0.145 e. The summed E-state index contributed by atoms with van der Waals surface area (Å²) in [6.07, 6.45) is 2.72. The van der Waals surface area contributed by atoms with Crippen LogP contribution in [0.2, 0.25) is 0 Å². The van der Waals surface area contributed by atoms with Gasteiger partial charge in [-0.3, -0.25) is 4.68 Å². The van der Waals surface area contributed by atoms with Crippen molar-refractivity contribution in [1.29, 1.82) is 0 Å². The van der Waals surface area contributed by atoms with Gasteiger partial charge >= 0.3 is 0 Å². The van der Waals surface area contributed by atoms with Crippen LogP contribution >= 0.6 is 0 Å². The van der Waals surface area contributed by atoms with Gasteiger partial charge in [0, 0.05) is 7.05 Å². The number of halogens is 1. The fourth-order valence-electron chi connectivity index (χ4n) is 2.31. The standard InChI is InChI=1S/C11H18FN3/c1-8-7-14-15(2)11(8)10(12)9-3-5-13-6-4-9/h7,9-10,13H,3-6H2,1-2H3. The lowest BCUT2D eigenvalue weighted by molar-refractivity contribution is 0.180. The summed E-state index contributed by atoms with van der Waals surface area (Å²) >= 11 is 0. The molecule has 84 valence electrons. The second kappa shape index (κ2) is 4.31. The third-order valence-electron chi connectivity index (χ3n) is 3.24. The van der Waals surface area contributed by atoms with E-state index in [0.717, 1.165) is 37.2 Å². The molecule has 1 aliphatic heterocycles. The molecule has 3 nitrogen and oxygen atoms in total. The molecule has 2 heterocycles. The highest BCUT2D eigenvalue weighted by Gasteiger charge is 2.27. The van der Waals surface area contributed by atoms with Gasteiger partial charge < -0.3 is 5.32 Å². The average Bonchev–Trinajstić information content (AvgIpc) is 2.59. The third kappa shape index (κ3) is 2.04. The van der Waals surface area contributed by atoms with E-state index in [9.17, 15) is 4.39 Å². The zero-order valence-electron chi connectivity index (χ0n) is 9.33. The molecule has 1 aromatic rings. The first kappa shape index (κ1) is 10.6. The van der Waals surface area contributed by atoms with E-state index in [0.29, 0.717) is 0 Å². The number of piperidine rings is 1. The van der Waals surface area contributed by atoms with E-state index in [2.05, 4.69) is 10.4 Å². The number of hydrogen-bond acceptors (Lipinski definition) is 2. The Hall–Kier alpha value is -0.900. The molecule has 1 unspecified atom stereocenters. The maximum absolute atomic E-state index is 14.3. The number of alkyl halides is 1. The summed E-state index contributed by atoms with van der Waals surface area (Å²) in [7, 11) is 1.82. The number of rotatable bonds is 2. The Morgan fingerprint density at radius 2 is 2.20 bits per heavy atom. The molecule has 1 saturated heterocycles. The van der Waals surface area contributed by atoms with Crippen LogP contribution in [0.15, 0.2) is 6.20 Å². The van der Waals surface area contributed by atoms with Crippen molar-refractivity contribution in [2.24, 2.45) is 13.0 Å². The highest BCUT2D eigenvalue weighted by atomic mass is 19.1. The van der Waals surface area contributed by atoms with Crippen LogP contribution in [0.5, 0.6) is 0 Å². The van der Waals surface area contributed by atoms with Crippen LogP contribution in [0.3, 0.4) is 0 Å². The molecule has 0 aliphatic carbocycles.